The number of aliphatic hydroxyl groups excluding tert-OH is 2. The summed E-state index contributed by atoms with van der Waals surface area (Å²) in [6, 6.07) is 0.0855. The summed E-state index contributed by atoms with van der Waals surface area (Å²) in [5, 5.41) is 19.3. The van der Waals surface area contributed by atoms with E-state index in [1.54, 1.807) is 0 Å². The molecule has 0 saturated carbocycles. The van der Waals surface area contributed by atoms with E-state index in [9.17, 15) is 10.2 Å². The highest BCUT2D eigenvalue weighted by molar-refractivity contribution is 4.70. The minimum atomic E-state index is -0.266. The number of likely N-dealkylation sites (N-methyl/N-ethyl adjacent to an activating group) is 1. The maximum Gasteiger partial charge on any atom is 0.0587 e. The molecule has 0 saturated heterocycles. The van der Waals surface area contributed by atoms with Gasteiger partial charge in [-0.1, -0.05) is 84.0 Å². The molecule has 3 nitrogen and oxygen atoms in total. The van der Waals surface area contributed by atoms with Crippen molar-refractivity contribution in [3.8, 4) is 0 Å². The molecule has 0 aliphatic heterocycles. The van der Waals surface area contributed by atoms with Gasteiger partial charge in [0.1, 0.15) is 0 Å². The fourth-order valence-corrected chi connectivity index (χ4v) is 3.10. The lowest BCUT2D eigenvalue weighted by Gasteiger charge is -2.24. The highest BCUT2D eigenvalue weighted by Crippen LogP contribution is 2.14. The molecule has 23 heavy (non-hydrogen) atoms. The van der Waals surface area contributed by atoms with Crippen molar-refractivity contribution >= 4 is 0 Å². The molecule has 0 radical (unpaired) electrons. The topological polar surface area (TPSA) is 43.7 Å². The lowest BCUT2D eigenvalue weighted by atomic mass is 10.0. The van der Waals surface area contributed by atoms with Crippen LogP contribution in [0.5, 0.6) is 0 Å². The number of hydrogen-bond acceptors (Lipinski definition) is 3. The summed E-state index contributed by atoms with van der Waals surface area (Å²) >= 11 is 0. The third-order valence-corrected chi connectivity index (χ3v) is 4.88. The van der Waals surface area contributed by atoms with Gasteiger partial charge in [0.15, 0.2) is 0 Å². The maximum absolute atomic E-state index is 10.0. The number of hydrogen-bond donors (Lipinski definition) is 2. The molecule has 0 aliphatic rings. The van der Waals surface area contributed by atoms with Gasteiger partial charge in [-0.15, -0.1) is 0 Å². The average molecular weight is 330 g/mol. The molecule has 0 aliphatic carbocycles. The van der Waals surface area contributed by atoms with Crippen LogP contribution in [-0.4, -0.2) is 48.0 Å². The largest absolute Gasteiger partial charge is 0.395 e. The molecule has 140 valence electrons. The van der Waals surface area contributed by atoms with Crippen molar-refractivity contribution in [2.75, 3.05) is 20.7 Å². The van der Waals surface area contributed by atoms with E-state index in [4.69, 9.17) is 0 Å². The summed E-state index contributed by atoms with van der Waals surface area (Å²) in [5.74, 6) is 0. The lowest BCUT2D eigenvalue weighted by Crippen LogP contribution is -2.34. The zero-order valence-corrected chi connectivity index (χ0v) is 16.1. The van der Waals surface area contributed by atoms with Gasteiger partial charge in [-0.2, -0.15) is 0 Å². The normalized spacial score (nSPS) is 14.3. The molecule has 2 unspecified atom stereocenters. The number of rotatable bonds is 17. The summed E-state index contributed by atoms with van der Waals surface area (Å²) in [4.78, 5) is 1.99. The van der Waals surface area contributed by atoms with Crippen LogP contribution in [-0.2, 0) is 0 Å². The van der Waals surface area contributed by atoms with Crippen molar-refractivity contribution in [1.29, 1.82) is 0 Å². The van der Waals surface area contributed by atoms with Gasteiger partial charge < -0.3 is 15.1 Å². The second kappa shape index (κ2) is 16.7. The van der Waals surface area contributed by atoms with Crippen molar-refractivity contribution < 1.29 is 10.2 Å². The predicted molar refractivity (Wildman–Crippen MR) is 101 cm³/mol. The fourth-order valence-electron chi connectivity index (χ4n) is 3.10. The summed E-state index contributed by atoms with van der Waals surface area (Å²) < 4.78 is 0. The summed E-state index contributed by atoms with van der Waals surface area (Å²) in [6.45, 7) is 2.40. The van der Waals surface area contributed by atoms with Crippen LogP contribution in [0.15, 0.2) is 0 Å². The summed E-state index contributed by atoms with van der Waals surface area (Å²) in [6.07, 6.45) is 17.5. The quantitative estimate of drug-likeness (QED) is 0.378. The van der Waals surface area contributed by atoms with Gasteiger partial charge in [0.05, 0.1) is 12.7 Å². The van der Waals surface area contributed by atoms with E-state index in [0.29, 0.717) is 6.42 Å². The van der Waals surface area contributed by atoms with E-state index in [1.807, 2.05) is 19.0 Å². The molecule has 0 spiro atoms. The first-order valence-corrected chi connectivity index (χ1v) is 10.1. The summed E-state index contributed by atoms with van der Waals surface area (Å²) in [5.41, 5.74) is 0. The molecule has 0 amide bonds. The van der Waals surface area contributed by atoms with Crippen molar-refractivity contribution in [3.05, 3.63) is 0 Å². The van der Waals surface area contributed by atoms with Crippen molar-refractivity contribution in [3.63, 3.8) is 0 Å². The lowest BCUT2D eigenvalue weighted by molar-refractivity contribution is 0.0843. The molecule has 2 N–H and O–H groups in total. The van der Waals surface area contributed by atoms with Crippen LogP contribution in [0.4, 0.5) is 0 Å². The molecule has 0 rings (SSSR count). The fraction of sp³-hybridized carbons (Fsp3) is 1.00. The Labute approximate surface area is 145 Å². The minimum absolute atomic E-state index is 0.0855. The Hall–Kier alpha value is -0.120. The van der Waals surface area contributed by atoms with Crippen LogP contribution < -0.4 is 0 Å². The SMILES string of the molecule is CCCCCCCCCCCCCCC(O)CC(CO)N(C)C. The average Bonchev–Trinajstić information content (AvgIpc) is 2.53. The first kappa shape index (κ1) is 22.9. The highest BCUT2D eigenvalue weighted by atomic mass is 16.3. The molecule has 0 bridgehead atoms. The second-order valence-corrected chi connectivity index (χ2v) is 7.37. The zero-order chi connectivity index (χ0) is 17.3. The van der Waals surface area contributed by atoms with Crippen LogP contribution >= 0.6 is 0 Å². The summed E-state index contributed by atoms with van der Waals surface area (Å²) in [7, 11) is 3.91. The van der Waals surface area contributed by atoms with Crippen molar-refractivity contribution in [2.45, 2.75) is 109 Å². The molecular formula is C20H43NO2. The van der Waals surface area contributed by atoms with Crippen LogP contribution in [0.25, 0.3) is 0 Å². The van der Waals surface area contributed by atoms with Crippen LogP contribution in [0.1, 0.15) is 96.8 Å². The standard InChI is InChI=1S/C20H43NO2/c1-4-5-6-7-8-9-10-11-12-13-14-15-16-20(23)17-19(18-22)21(2)3/h19-20,22-23H,4-18H2,1-3H3. The Morgan fingerprint density at radius 2 is 1.17 bits per heavy atom. The Morgan fingerprint density at radius 3 is 1.57 bits per heavy atom. The molecule has 0 aromatic heterocycles. The van der Waals surface area contributed by atoms with E-state index in [2.05, 4.69) is 6.92 Å². The Bertz CT molecular complexity index is 234. The van der Waals surface area contributed by atoms with Gasteiger partial charge in [-0.25, -0.2) is 0 Å². The van der Waals surface area contributed by atoms with E-state index in [-0.39, 0.29) is 18.8 Å². The van der Waals surface area contributed by atoms with Gasteiger partial charge in [0, 0.05) is 6.04 Å². The van der Waals surface area contributed by atoms with E-state index in [0.717, 1.165) is 12.8 Å². The Kier molecular flexibility index (Phi) is 16.6. The van der Waals surface area contributed by atoms with E-state index < -0.39 is 0 Å². The third-order valence-electron chi connectivity index (χ3n) is 4.88. The van der Waals surface area contributed by atoms with Crippen LogP contribution in [0.3, 0.4) is 0 Å². The van der Waals surface area contributed by atoms with E-state index in [1.165, 1.54) is 70.6 Å². The van der Waals surface area contributed by atoms with Gasteiger partial charge >= 0.3 is 0 Å². The molecule has 3 heteroatoms. The first-order valence-electron chi connectivity index (χ1n) is 10.1. The molecule has 0 heterocycles. The first-order chi connectivity index (χ1) is 11.1. The number of aliphatic hydroxyl groups is 2. The Balaban J connectivity index is 3.29. The molecule has 0 aromatic rings. The number of nitrogens with zero attached hydrogens (tertiary/aromatic N) is 1. The van der Waals surface area contributed by atoms with Crippen molar-refractivity contribution in [2.24, 2.45) is 0 Å². The van der Waals surface area contributed by atoms with E-state index >= 15 is 0 Å². The zero-order valence-electron chi connectivity index (χ0n) is 16.1. The third kappa shape index (κ3) is 15.2. The highest BCUT2D eigenvalue weighted by Gasteiger charge is 2.15. The maximum atomic E-state index is 10.0. The van der Waals surface area contributed by atoms with Crippen LogP contribution in [0, 0.1) is 0 Å². The van der Waals surface area contributed by atoms with Gasteiger partial charge in [-0.3, -0.25) is 0 Å². The molecule has 0 fully saturated rings. The monoisotopic (exact) mass is 329 g/mol. The van der Waals surface area contributed by atoms with Gasteiger partial charge in [0.2, 0.25) is 0 Å². The molecular weight excluding hydrogens is 286 g/mol. The predicted octanol–water partition coefficient (Wildman–Crippen LogP) is 4.75. The Morgan fingerprint density at radius 1 is 0.739 bits per heavy atom. The van der Waals surface area contributed by atoms with Gasteiger partial charge in [0.25, 0.3) is 0 Å². The number of unbranched alkanes of at least 4 members (excludes halogenated alkanes) is 11. The second-order valence-electron chi connectivity index (χ2n) is 7.37. The molecule has 0 aromatic carbocycles. The smallest absolute Gasteiger partial charge is 0.0587 e. The van der Waals surface area contributed by atoms with Crippen LogP contribution in [0.2, 0.25) is 0 Å². The molecule has 2 atom stereocenters. The minimum Gasteiger partial charge on any atom is -0.395 e. The van der Waals surface area contributed by atoms with Crippen molar-refractivity contribution in [1.82, 2.24) is 4.90 Å². The van der Waals surface area contributed by atoms with Gasteiger partial charge in [-0.05, 0) is 26.9 Å².